The molecule has 1 fully saturated rings. The molecule has 9 nitrogen and oxygen atoms in total. The summed E-state index contributed by atoms with van der Waals surface area (Å²) in [6.07, 6.45) is -1.87. The van der Waals surface area contributed by atoms with Gasteiger partial charge in [-0.1, -0.05) is 54.2 Å². The molecular weight excluding hydrogens is 581 g/mol. The number of amides is 3. The number of anilines is 1. The summed E-state index contributed by atoms with van der Waals surface area (Å²) in [4.78, 5) is 35.1. The minimum absolute atomic E-state index is 0.104. The average Bonchev–Trinajstić information content (AvgIpc) is 3.59. The molecule has 0 spiro atoms. The lowest BCUT2D eigenvalue weighted by atomic mass is 10.1. The van der Waals surface area contributed by atoms with Crippen LogP contribution in [-0.4, -0.2) is 50.5 Å². The second-order valence-electron chi connectivity index (χ2n) is 9.74. The van der Waals surface area contributed by atoms with Gasteiger partial charge in [0.25, 0.3) is 0 Å². The molecule has 1 saturated heterocycles. The van der Waals surface area contributed by atoms with Crippen molar-refractivity contribution >= 4 is 34.6 Å². The molecule has 43 heavy (non-hydrogen) atoms. The molecule has 4 aromatic rings. The Labute approximate surface area is 249 Å². The highest BCUT2D eigenvalue weighted by molar-refractivity contribution is 8.15. The van der Waals surface area contributed by atoms with Gasteiger partial charge in [-0.25, -0.2) is 14.5 Å². The van der Waals surface area contributed by atoms with Gasteiger partial charge in [0.05, 0.1) is 17.1 Å². The van der Waals surface area contributed by atoms with Crippen LogP contribution in [0.4, 0.5) is 23.7 Å². The number of aliphatic imine (C=N–C) groups is 1. The predicted octanol–water partition coefficient (Wildman–Crippen LogP) is 6.23. The summed E-state index contributed by atoms with van der Waals surface area (Å²) < 4.78 is 42.5. The zero-order chi connectivity index (χ0) is 30.6. The highest BCUT2D eigenvalue weighted by Crippen LogP contribution is 2.32. The molecular formula is C30H27F3N6O3S. The van der Waals surface area contributed by atoms with Crippen LogP contribution in [0.2, 0.25) is 0 Å². The number of hydrogen-bond donors (Lipinski definition) is 1. The van der Waals surface area contributed by atoms with E-state index in [4.69, 9.17) is 0 Å². The molecule has 2 heterocycles. The maximum atomic E-state index is 12.6. The Morgan fingerprint density at radius 2 is 1.74 bits per heavy atom. The van der Waals surface area contributed by atoms with E-state index in [2.05, 4.69) is 25.1 Å². The molecule has 0 unspecified atom stereocenters. The van der Waals surface area contributed by atoms with Gasteiger partial charge in [0.15, 0.2) is 11.0 Å². The zero-order valence-electron chi connectivity index (χ0n) is 23.3. The number of para-hydroxylation sites is 1. The minimum atomic E-state index is -4.75. The zero-order valence-corrected chi connectivity index (χ0v) is 24.1. The number of alkyl halides is 3. The molecule has 0 bridgehead atoms. The molecule has 1 aromatic heterocycles. The van der Waals surface area contributed by atoms with Crippen LogP contribution in [0.1, 0.15) is 23.1 Å². The van der Waals surface area contributed by atoms with Crippen LogP contribution in [0, 0.1) is 13.8 Å². The van der Waals surface area contributed by atoms with Crippen molar-refractivity contribution < 1.29 is 27.5 Å². The van der Waals surface area contributed by atoms with Gasteiger partial charge in [-0.2, -0.15) is 4.99 Å². The van der Waals surface area contributed by atoms with Crippen molar-refractivity contribution in [3.05, 3.63) is 89.7 Å². The number of halogens is 3. The SMILES string of the molecule is Cc1cccc(C)c1N1C(=O)CS/C1=N\C(=O)NCCCc1ccc(-c2ncn(-c3ccc(OC(F)(F)F)cc3)n2)cc1. The molecule has 1 N–H and O–H groups in total. The van der Waals surface area contributed by atoms with Crippen molar-refractivity contribution in [1.82, 2.24) is 20.1 Å². The highest BCUT2D eigenvalue weighted by atomic mass is 32.2. The molecule has 1 aliphatic heterocycles. The largest absolute Gasteiger partial charge is 0.573 e. The molecule has 1 aliphatic rings. The molecule has 3 amide bonds. The van der Waals surface area contributed by atoms with Gasteiger partial charge < -0.3 is 10.1 Å². The van der Waals surface area contributed by atoms with E-state index in [1.807, 2.05) is 56.3 Å². The van der Waals surface area contributed by atoms with Gasteiger partial charge in [0.2, 0.25) is 5.91 Å². The number of carbonyl (C=O) groups is 2. The second kappa shape index (κ2) is 12.7. The van der Waals surface area contributed by atoms with Gasteiger partial charge in [-0.15, -0.1) is 18.3 Å². The lowest BCUT2D eigenvalue weighted by molar-refractivity contribution is -0.274. The minimum Gasteiger partial charge on any atom is -0.406 e. The van der Waals surface area contributed by atoms with E-state index in [9.17, 15) is 22.8 Å². The van der Waals surface area contributed by atoms with E-state index in [1.165, 1.54) is 51.9 Å². The van der Waals surface area contributed by atoms with Gasteiger partial charge in [-0.3, -0.25) is 9.69 Å². The third-order valence-electron chi connectivity index (χ3n) is 6.58. The van der Waals surface area contributed by atoms with Gasteiger partial charge in [0, 0.05) is 12.1 Å². The van der Waals surface area contributed by atoms with Crippen LogP contribution in [0.25, 0.3) is 17.1 Å². The number of rotatable bonds is 8. The van der Waals surface area contributed by atoms with Crippen LogP contribution >= 0.6 is 11.8 Å². The highest BCUT2D eigenvalue weighted by Gasteiger charge is 2.32. The van der Waals surface area contributed by atoms with E-state index < -0.39 is 12.4 Å². The molecule has 0 saturated carbocycles. The predicted molar refractivity (Wildman–Crippen MR) is 158 cm³/mol. The maximum Gasteiger partial charge on any atom is 0.573 e. The standard InChI is InChI=1S/C30H27F3N6O3S/c1-19-5-3-6-20(2)26(19)39-25(40)17-43-29(39)36-28(41)34-16-4-7-21-8-10-22(11-9-21)27-35-18-38(37-27)23-12-14-24(15-13-23)42-30(31,32)33/h3,5-6,8-15,18H,4,7,16-17H2,1-2H3,(H,34,41)/b36-29-. The van der Waals surface area contributed by atoms with Gasteiger partial charge in [0.1, 0.15) is 12.1 Å². The van der Waals surface area contributed by atoms with E-state index >= 15 is 0 Å². The number of carbonyl (C=O) groups excluding carboxylic acids is 2. The van der Waals surface area contributed by atoms with E-state index in [-0.39, 0.29) is 17.4 Å². The summed E-state index contributed by atoms with van der Waals surface area (Å²) in [5.41, 5.74) is 5.01. The normalized spacial score (nSPS) is 14.4. The molecule has 13 heteroatoms. The second-order valence-corrected chi connectivity index (χ2v) is 10.7. The van der Waals surface area contributed by atoms with Crippen molar-refractivity contribution in [2.75, 3.05) is 17.2 Å². The first-order valence-electron chi connectivity index (χ1n) is 13.3. The lowest BCUT2D eigenvalue weighted by Crippen LogP contribution is -2.32. The van der Waals surface area contributed by atoms with Crippen molar-refractivity contribution in [3.8, 4) is 22.8 Å². The number of benzene rings is 3. The molecule has 222 valence electrons. The summed E-state index contributed by atoms with van der Waals surface area (Å²) in [6.45, 7) is 4.27. The number of aromatic nitrogens is 3. The van der Waals surface area contributed by atoms with Crippen molar-refractivity contribution in [1.29, 1.82) is 0 Å². The smallest absolute Gasteiger partial charge is 0.406 e. The van der Waals surface area contributed by atoms with E-state index in [0.717, 1.165) is 27.9 Å². The summed E-state index contributed by atoms with van der Waals surface area (Å²) in [5.74, 6) is 0.281. The molecule has 0 radical (unpaired) electrons. The van der Waals surface area contributed by atoms with E-state index in [1.54, 1.807) is 0 Å². The summed E-state index contributed by atoms with van der Waals surface area (Å²) in [7, 11) is 0. The maximum absolute atomic E-state index is 12.6. The Hall–Kier alpha value is -4.65. The molecule has 0 atom stereocenters. The number of nitrogens with zero attached hydrogens (tertiary/aromatic N) is 5. The Morgan fingerprint density at radius 3 is 2.42 bits per heavy atom. The third kappa shape index (κ3) is 7.41. The Balaban J connectivity index is 1.12. The van der Waals surface area contributed by atoms with Crippen LogP contribution in [-0.2, 0) is 11.2 Å². The quantitative estimate of drug-likeness (QED) is 0.238. The van der Waals surface area contributed by atoms with E-state index in [0.29, 0.717) is 36.1 Å². The number of nitrogens with one attached hydrogen (secondary N) is 1. The molecule has 3 aromatic carbocycles. The summed E-state index contributed by atoms with van der Waals surface area (Å²) in [6, 6.07) is 18.3. The van der Waals surface area contributed by atoms with Gasteiger partial charge in [-0.05, 0) is 67.6 Å². The first kappa shape index (κ1) is 29.8. The van der Waals surface area contributed by atoms with Crippen LogP contribution in [0.15, 0.2) is 78.0 Å². The number of ether oxygens (including phenoxy) is 1. The Bertz CT molecular complexity index is 1630. The lowest BCUT2D eigenvalue weighted by Gasteiger charge is -2.20. The summed E-state index contributed by atoms with van der Waals surface area (Å²) in [5, 5.41) is 7.59. The topological polar surface area (TPSA) is 102 Å². The first-order valence-corrected chi connectivity index (χ1v) is 14.3. The number of urea groups is 1. The number of amidine groups is 1. The van der Waals surface area contributed by atoms with Crippen LogP contribution in [0.5, 0.6) is 5.75 Å². The first-order chi connectivity index (χ1) is 20.6. The number of hydrogen-bond acceptors (Lipinski definition) is 6. The fourth-order valence-electron chi connectivity index (χ4n) is 4.58. The van der Waals surface area contributed by atoms with Gasteiger partial charge >= 0.3 is 12.4 Å². The number of thioether (sulfide) groups is 1. The molecule has 5 rings (SSSR count). The van der Waals surface area contributed by atoms with Crippen molar-refractivity contribution in [3.63, 3.8) is 0 Å². The molecule has 0 aliphatic carbocycles. The van der Waals surface area contributed by atoms with Crippen LogP contribution < -0.4 is 15.0 Å². The van der Waals surface area contributed by atoms with Crippen molar-refractivity contribution in [2.24, 2.45) is 4.99 Å². The summed E-state index contributed by atoms with van der Waals surface area (Å²) >= 11 is 1.25. The van der Waals surface area contributed by atoms with Crippen molar-refractivity contribution in [2.45, 2.75) is 33.1 Å². The number of aryl methyl sites for hydroxylation is 3. The fraction of sp³-hybridized carbons (Fsp3) is 0.233. The fourth-order valence-corrected chi connectivity index (χ4v) is 5.43. The van der Waals surface area contributed by atoms with Crippen LogP contribution in [0.3, 0.4) is 0 Å². The monoisotopic (exact) mass is 608 g/mol. The Kier molecular flexibility index (Phi) is 8.81. The average molecular weight is 609 g/mol. The Morgan fingerprint density at radius 1 is 1.05 bits per heavy atom. The third-order valence-corrected chi connectivity index (χ3v) is 7.51.